The van der Waals surface area contributed by atoms with Crippen molar-refractivity contribution >= 4 is 5.97 Å². The minimum absolute atomic E-state index is 0.232. The van der Waals surface area contributed by atoms with E-state index in [1.165, 1.54) is 0 Å². The smallest absolute Gasteiger partial charge is 0.311 e. The molecule has 2 atom stereocenters. The molecule has 2 unspecified atom stereocenters. The maximum atomic E-state index is 11.7. The quantitative estimate of drug-likeness (QED) is 0.474. The first kappa shape index (κ1) is 16.4. The number of ether oxygens (including phenoxy) is 1. The second-order valence-corrected chi connectivity index (χ2v) is 4.56. The van der Waals surface area contributed by atoms with E-state index < -0.39 is 6.10 Å². The summed E-state index contributed by atoms with van der Waals surface area (Å²) in [6.45, 7) is 6.42. The average molecular weight is 244 g/mol. The molecule has 0 aromatic carbocycles. The van der Waals surface area contributed by atoms with Crippen molar-refractivity contribution in [3.8, 4) is 0 Å². The van der Waals surface area contributed by atoms with Crippen molar-refractivity contribution in [2.75, 3.05) is 6.61 Å². The summed E-state index contributed by atoms with van der Waals surface area (Å²) >= 11 is 0. The standard InChI is InChI=1S/C14H28O3/c1-4-7-9-11-13(15)12(10-8-5-2)14(16)17-6-3/h12-13,15H,4-11H2,1-3H3. The van der Waals surface area contributed by atoms with Gasteiger partial charge in [0.15, 0.2) is 0 Å². The summed E-state index contributed by atoms with van der Waals surface area (Å²) in [5, 5.41) is 10.1. The Morgan fingerprint density at radius 3 is 2.24 bits per heavy atom. The SMILES string of the molecule is CCCCCC(O)C(CCCC)C(=O)OCC. The van der Waals surface area contributed by atoms with Crippen LogP contribution in [0.25, 0.3) is 0 Å². The number of hydrogen-bond acceptors (Lipinski definition) is 3. The van der Waals surface area contributed by atoms with Crippen LogP contribution < -0.4 is 0 Å². The van der Waals surface area contributed by atoms with Crippen LogP contribution in [-0.2, 0) is 9.53 Å². The highest BCUT2D eigenvalue weighted by Gasteiger charge is 2.26. The van der Waals surface area contributed by atoms with E-state index in [0.717, 1.165) is 38.5 Å². The zero-order valence-electron chi connectivity index (χ0n) is 11.6. The van der Waals surface area contributed by atoms with Crippen LogP contribution in [-0.4, -0.2) is 23.8 Å². The number of rotatable bonds is 10. The fraction of sp³-hybridized carbons (Fsp3) is 0.929. The van der Waals surface area contributed by atoms with Gasteiger partial charge in [-0.2, -0.15) is 0 Å². The molecular weight excluding hydrogens is 216 g/mol. The third-order valence-corrected chi connectivity index (χ3v) is 3.03. The van der Waals surface area contributed by atoms with Crippen LogP contribution in [0.2, 0.25) is 0 Å². The van der Waals surface area contributed by atoms with Gasteiger partial charge in [-0.05, 0) is 19.8 Å². The molecule has 0 amide bonds. The highest BCUT2D eigenvalue weighted by Crippen LogP contribution is 2.19. The molecule has 102 valence electrons. The number of aliphatic hydroxyl groups is 1. The Balaban J connectivity index is 4.18. The van der Waals surface area contributed by atoms with E-state index in [4.69, 9.17) is 4.74 Å². The molecule has 0 aromatic rings. The van der Waals surface area contributed by atoms with Gasteiger partial charge >= 0.3 is 5.97 Å². The lowest BCUT2D eigenvalue weighted by atomic mass is 9.92. The number of aliphatic hydroxyl groups excluding tert-OH is 1. The van der Waals surface area contributed by atoms with Crippen molar-refractivity contribution in [1.29, 1.82) is 0 Å². The number of hydrogen-bond donors (Lipinski definition) is 1. The molecule has 0 rings (SSSR count). The Hall–Kier alpha value is -0.570. The average Bonchev–Trinajstić information content (AvgIpc) is 2.30. The highest BCUT2D eigenvalue weighted by molar-refractivity contribution is 5.73. The van der Waals surface area contributed by atoms with Crippen LogP contribution in [0.3, 0.4) is 0 Å². The fourth-order valence-electron chi connectivity index (χ4n) is 1.95. The van der Waals surface area contributed by atoms with Gasteiger partial charge in [-0.25, -0.2) is 0 Å². The third kappa shape index (κ3) is 7.37. The predicted molar refractivity (Wildman–Crippen MR) is 69.8 cm³/mol. The van der Waals surface area contributed by atoms with E-state index in [-0.39, 0.29) is 11.9 Å². The molecule has 0 fully saturated rings. The van der Waals surface area contributed by atoms with Gasteiger partial charge in [0.1, 0.15) is 0 Å². The first-order valence-corrected chi connectivity index (χ1v) is 7.01. The molecule has 0 saturated heterocycles. The summed E-state index contributed by atoms with van der Waals surface area (Å²) < 4.78 is 5.03. The van der Waals surface area contributed by atoms with E-state index in [1.807, 2.05) is 0 Å². The lowest BCUT2D eigenvalue weighted by molar-refractivity contribution is -0.152. The molecule has 3 heteroatoms. The van der Waals surface area contributed by atoms with Gasteiger partial charge in [0.25, 0.3) is 0 Å². The molecule has 0 radical (unpaired) electrons. The zero-order valence-corrected chi connectivity index (χ0v) is 11.6. The Morgan fingerprint density at radius 2 is 1.71 bits per heavy atom. The largest absolute Gasteiger partial charge is 0.466 e. The summed E-state index contributed by atoms with van der Waals surface area (Å²) in [5.41, 5.74) is 0. The Morgan fingerprint density at radius 1 is 1.06 bits per heavy atom. The lowest BCUT2D eigenvalue weighted by Gasteiger charge is -2.21. The molecule has 0 spiro atoms. The van der Waals surface area contributed by atoms with Gasteiger partial charge in [-0.1, -0.05) is 46.0 Å². The molecule has 0 aliphatic heterocycles. The maximum Gasteiger partial charge on any atom is 0.311 e. The number of unbranched alkanes of at least 4 members (excludes halogenated alkanes) is 3. The van der Waals surface area contributed by atoms with Gasteiger partial charge in [-0.3, -0.25) is 4.79 Å². The van der Waals surface area contributed by atoms with Gasteiger partial charge in [0, 0.05) is 0 Å². The van der Waals surface area contributed by atoms with Gasteiger partial charge in [-0.15, -0.1) is 0 Å². The summed E-state index contributed by atoms with van der Waals surface area (Å²) in [6.07, 6.45) is 6.15. The van der Waals surface area contributed by atoms with Crippen molar-refractivity contribution in [1.82, 2.24) is 0 Å². The second-order valence-electron chi connectivity index (χ2n) is 4.56. The Labute approximate surface area is 106 Å². The van der Waals surface area contributed by atoms with Crippen molar-refractivity contribution in [2.45, 2.75) is 71.8 Å². The summed E-state index contributed by atoms with van der Waals surface area (Å²) in [4.78, 5) is 11.7. The van der Waals surface area contributed by atoms with Crippen LogP contribution in [0.1, 0.15) is 65.7 Å². The molecule has 17 heavy (non-hydrogen) atoms. The van der Waals surface area contributed by atoms with Crippen molar-refractivity contribution < 1.29 is 14.6 Å². The molecule has 3 nitrogen and oxygen atoms in total. The predicted octanol–water partition coefficient (Wildman–Crippen LogP) is 3.30. The molecule has 0 aromatic heterocycles. The Bertz CT molecular complexity index is 192. The van der Waals surface area contributed by atoms with Crippen LogP contribution >= 0.6 is 0 Å². The first-order valence-electron chi connectivity index (χ1n) is 7.01. The highest BCUT2D eigenvalue weighted by atomic mass is 16.5. The van der Waals surface area contributed by atoms with E-state index in [1.54, 1.807) is 6.92 Å². The molecule has 1 N–H and O–H groups in total. The van der Waals surface area contributed by atoms with E-state index >= 15 is 0 Å². The summed E-state index contributed by atoms with van der Waals surface area (Å²) in [5.74, 6) is -0.559. The molecule has 0 saturated carbocycles. The first-order chi connectivity index (χ1) is 8.17. The lowest BCUT2D eigenvalue weighted by Crippen LogP contribution is -2.30. The number of carbonyl (C=O) groups excluding carboxylic acids is 1. The van der Waals surface area contributed by atoms with Crippen LogP contribution in [0.5, 0.6) is 0 Å². The minimum Gasteiger partial charge on any atom is -0.466 e. The van der Waals surface area contributed by atoms with Crippen LogP contribution in [0, 0.1) is 5.92 Å². The van der Waals surface area contributed by atoms with Gasteiger partial charge < -0.3 is 9.84 Å². The van der Waals surface area contributed by atoms with E-state index in [9.17, 15) is 9.90 Å². The van der Waals surface area contributed by atoms with Crippen molar-refractivity contribution in [3.63, 3.8) is 0 Å². The summed E-state index contributed by atoms with van der Waals surface area (Å²) in [6, 6.07) is 0. The minimum atomic E-state index is -0.535. The van der Waals surface area contributed by atoms with Crippen molar-refractivity contribution in [2.24, 2.45) is 5.92 Å². The molecular formula is C14H28O3. The second kappa shape index (κ2) is 10.6. The molecule has 0 bridgehead atoms. The van der Waals surface area contributed by atoms with E-state index in [0.29, 0.717) is 13.0 Å². The summed E-state index contributed by atoms with van der Waals surface area (Å²) in [7, 11) is 0. The normalized spacial score (nSPS) is 14.4. The van der Waals surface area contributed by atoms with Crippen LogP contribution in [0.15, 0.2) is 0 Å². The fourth-order valence-corrected chi connectivity index (χ4v) is 1.95. The van der Waals surface area contributed by atoms with Gasteiger partial charge in [0.05, 0.1) is 18.6 Å². The molecule has 0 heterocycles. The topological polar surface area (TPSA) is 46.5 Å². The van der Waals surface area contributed by atoms with Crippen LogP contribution in [0.4, 0.5) is 0 Å². The van der Waals surface area contributed by atoms with Gasteiger partial charge in [0.2, 0.25) is 0 Å². The number of esters is 1. The Kier molecular flexibility index (Phi) is 10.2. The third-order valence-electron chi connectivity index (χ3n) is 3.03. The maximum absolute atomic E-state index is 11.7. The molecule has 0 aliphatic carbocycles. The van der Waals surface area contributed by atoms with Crippen molar-refractivity contribution in [3.05, 3.63) is 0 Å². The monoisotopic (exact) mass is 244 g/mol. The zero-order chi connectivity index (χ0) is 13.1. The van der Waals surface area contributed by atoms with E-state index in [2.05, 4.69) is 13.8 Å². The molecule has 0 aliphatic rings. The number of carbonyl (C=O) groups is 1.